The fraction of sp³-hybridized carbons (Fsp3) is 0.588. The van der Waals surface area contributed by atoms with E-state index < -0.39 is 0 Å². The van der Waals surface area contributed by atoms with Crippen LogP contribution in [0.3, 0.4) is 0 Å². The molecule has 2 nitrogen and oxygen atoms in total. The number of rotatable bonds is 2. The largest absolute Gasteiger partial charge is 0.375 e. The Morgan fingerprint density at radius 2 is 2.30 bits per heavy atom. The monoisotopic (exact) mass is 344 g/mol. The Hall–Kier alpha value is -0.226. The zero-order valence-corrected chi connectivity index (χ0v) is 15.7. The summed E-state index contributed by atoms with van der Waals surface area (Å²) in [4.78, 5) is 6.78. The van der Waals surface area contributed by atoms with Crippen LogP contribution in [0.25, 0.3) is 0 Å². The summed E-state index contributed by atoms with van der Waals surface area (Å²) in [7, 11) is 2.20. The van der Waals surface area contributed by atoms with Gasteiger partial charge >= 0.3 is 0 Å². The maximum absolute atomic E-state index is 4.38. The zero-order chi connectivity index (χ0) is 13.7. The third-order valence-electron chi connectivity index (χ3n) is 3.67. The van der Waals surface area contributed by atoms with E-state index in [1.807, 2.05) is 12.3 Å². The van der Waals surface area contributed by atoms with Crippen LogP contribution >= 0.6 is 0 Å². The van der Waals surface area contributed by atoms with E-state index in [9.17, 15) is 0 Å². The van der Waals surface area contributed by atoms with Gasteiger partial charge in [-0.25, -0.2) is 0 Å². The molecule has 0 saturated carbocycles. The zero-order valence-electron chi connectivity index (χ0n) is 12.8. The molecule has 1 aromatic rings. The van der Waals surface area contributed by atoms with Gasteiger partial charge in [-0.05, 0) is 44.0 Å². The van der Waals surface area contributed by atoms with Crippen LogP contribution in [-0.2, 0) is 32.7 Å². The normalized spacial score (nSPS) is 19.1. The summed E-state index contributed by atoms with van der Waals surface area (Å²) < 4.78 is 0. The summed E-state index contributed by atoms with van der Waals surface area (Å²) in [6.45, 7) is 6.72. The van der Waals surface area contributed by atoms with E-state index in [0.717, 1.165) is 23.6 Å². The topological polar surface area (TPSA) is 16.1 Å². The first kappa shape index (κ1) is 17.8. The molecule has 1 aliphatic heterocycles. The summed E-state index contributed by atoms with van der Waals surface area (Å²) in [5.74, 6) is 7.65. The minimum absolute atomic E-state index is 0. The van der Waals surface area contributed by atoms with Gasteiger partial charge in [0.2, 0.25) is 0 Å². The van der Waals surface area contributed by atoms with Crippen LogP contribution in [0, 0.1) is 23.8 Å². The number of likely N-dealkylation sites (tertiary alicyclic amines) is 1. The Balaban J connectivity index is 0.00000200. The van der Waals surface area contributed by atoms with Crippen molar-refractivity contribution in [3.8, 4) is 11.8 Å². The number of hydrogen-bond acceptors (Lipinski definition) is 2. The molecule has 20 heavy (non-hydrogen) atoms. The van der Waals surface area contributed by atoms with Crippen LogP contribution < -0.4 is 0 Å². The van der Waals surface area contributed by atoms with Gasteiger partial charge in [-0.1, -0.05) is 20.0 Å². The number of piperidine rings is 1. The molecule has 1 fully saturated rings. The van der Waals surface area contributed by atoms with Crippen molar-refractivity contribution in [1.82, 2.24) is 9.88 Å². The smallest absolute Gasteiger partial charge is 0.0122 e. The molecule has 2 heterocycles. The Kier molecular flexibility index (Phi) is 7.96. The third-order valence-corrected chi connectivity index (χ3v) is 3.67. The number of nitrogens with zero attached hydrogens (tertiary/aromatic N) is 2. The maximum Gasteiger partial charge on any atom is 0.0122 e. The van der Waals surface area contributed by atoms with Crippen molar-refractivity contribution < 1.29 is 32.7 Å². The van der Waals surface area contributed by atoms with Crippen LogP contribution in [0.5, 0.6) is 0 Å². The van der Waals surface area contributed by atoms with E-state index >= 15 is 0 Å². The van der Waals surface area contributed by atoms with Gasteiger partial charge in [-0.15, -0.1) is 23.5 Å². The molecule has 2 rings (SSSR count). The Bertz CT molecular complexity index is 456. The van der Waals surface area contributed by atoms with E-state index in [1.54, 1.807) is 0 Å². The van der Waals surface area contributed by atoms with Gasteiger partial charge in [0.1, 0.15) is 0 Å². The minimum atomic E-state index is 0. The quantitative estimate of drug-likeness (QED) is 0.606. The van der Waals surface area contributed by atoms with Crippen molar-refractivity contribution in [2.45, 2.75) is 39.0 Å². The first-order valence-corrected chi connectivity index (χ1v) is 7.20. The van der Waals surface area contributed by atoms with Crippen LogP contribution in [0.2, 0.25) is 0 Å². The van der Waals surface area contributed by atoms with E-state index in [1.165, 1.54) is 25.9 Å². The van der Waals surface area contributed by atoms with E-state index in [4.69, 9.17) is 0 Å². The maximum atomic E-state index is 4.38. The molecule has 1 unspecified atom stereocenters. The van der Waals surface area contributed by atoms with Crippen molar-refractivity contribution in [3.63, 3.8) is 0 Å². The first-order chi connectivity index (χ1) is 9.15. The molecule has 0 spiro atoms. The SMILES string of the molecule is CC(C)c1[c-]cc(C#CCC2CCCN(C)C2)nc1.[Y]. The van der Waals surface area contributed by atoms with Crippen LogP contribution in [-0.4, -0.2) is 30.0 Å². The van der Waals surface area contributed by atoms with Gasteiger partial charge in [-0.3, -0.25) is 0 Å². The molecule has 0 aliphatic carbocycles. The summed E-state index contributed by atoms with van der Waals surface area (Å²) in [5, 5.41) is 0. The average molecular weight is 344 g/mol. The third kappa shape index (κ3) is 5.64. The molecule has 1 aliphatic rings. The fourth-order valence-corrected chi connectivity index (χ4v) is 2.48. The predicted molar refractivity (Wildman–Crippen MR) is 78.9 cm³/mol. The molecule has 105 valence electrons. The second-order valence-corrected chi connectivity index (χ2v) is 5.82. The van der Waals surface area contributed by atoms with E-state index in [2.05, 4.69) is 48.7 Å². The molecule has 1 atom stereocenters. The van der Waals surface area contributed by atoms with Gasteiger partial charge in [0.15, 0.2) is 0 Å². The fourth-order valence-electron chi connectivity index (χ4n) is 2.48. The predicted octanol–water partition coefficient (Wildman–Crippen LogP) is 3.09. The van der Waals surface area contributed by atoms with Gasteiger partial charge in [0.25, 0.3) is 0 Å². The molecule has 0 bridgehead atoms. The first-order valence-electron chi connectivity index (χ1n) is 7.20. The van der Waals surface area contributed by atoms with Crippen LogP contribution in [0.4, 0.5) is 0 Å². The molecule has 1 saturated heterocycles. The van der Waals surface area contributed by atoms with E-state index in [0.29, 0.717) is 5.92 Å². The average Bonchev–Trinajstić information content (AvgIpc) is 2.39. The molecular weight excluding hydrogens is 321 g/mol. The Labute approximate surface area is 148 Å². The summed E-state index contributed by atoms with van der Waals surface area (Å²) >= 11 is 0. The number of aromatic nitrogens is 1. The van der Waals surface area contributed by atoms with Crippen molar-refractivity contribution in [1.29, 1.82) is 0 Å². The van der Waals surface area contributed by atoms with Gasteiger partial charge in [0.05, 0.1) is 0 Å². The molecule has 1 radical (unpaired) electrons. The van der Waals surface area contributed by atoms with Crippen LogP contribution in [0.15, 0.2) is 12.3 Å². The molecule has 0 amide bonds. The Morgan fingerprint density at radius 1 is 1.50 bits per heavy atom. The molecular formula is C17H23N2Y-. The van der Waals surface area contributed by atoms with Crippen molar-refractivity contribution in [2.24, 2.45) is 5.92 Å². The second-order valence-electron chi connectivity index (χ2n) is 5.82. The number of pyridine rings is 1. The minimum Gasteiger partial charge on any atom is -0.375 e. The summed E-state index contributed by atoms with van der Waals surface area (Å²) in [5.41, 5.74) is 1.99. The molecule has 3 heteroatoms. The summed E-state index contributed by atoms with van der Waals surface area (Å²) in [6.07, 6.45) is 5.49. The van der Waals surface area contributed by atoms with Crippen molar-refractivity contribution in [3.05, 3.63) is 29.6 Å². The number of hydrogen-bond donors (Lipinski definition) is 0. The van der Waals surface area contributed by atoms with Crippen LogP contribution in [0.1, 0.15) is 50.3 Å². The van der Waals surface area contributed by atoms with Gasteiger partial charge in [-0.2, -0.15) is 6.07 Å². The van der Waals surface area contributed by atoms with E-state index in [-0.39, 0.29) is 32.7 Å². The summed E-state index contributed by atoms with van der Waals surface area (Å²) in [6, 6.07) is 5.17. The molecule has 0 aromatic carbocycles. The Morgan fingerprint density at radius 3 is 2.90 bits per heavy atom. The molecule has 1 aromatic heterocycles. The second kappa shape index (κ2) is 8.93. The van der Waals surface area contributed by atoms with Crippen molar-refractivity contribution in [2.75, 3.05) is 20.1 Å². The van der Waals surface area contributed by atoms with Gasteiger partial charge in [0, 0.05) is 45.7 Å². The van der Waals surface area contributed by atoms with Crippen molar-refractivity contribution >= 4 is 0 Å². The standard InChI is InChI=1S/C17H23N2.Y/c1-14(2)16-9-10-17(18-12-16)8-4-6-15-7-5-11-19(3)13-15;/h10,12,14-15H,5-7,11,13H2,1-3H3;/q-1;. The van der Waals surface area contributed by atoms with Gasteiger partial charge < -0.3 is 9.88 Å². The molecule has 0 N–H and O–H groups in total.